The first-order chi connectivity index (χ1) is 12.2. The van der Waals surface area contributed by atoms with Crippen LogP contribution in [0.4, 0.5) is 0 Å². The van der Waals surface area contributed by atoms with Crippen molar-refractivity contribution in [3.8, 4) is 11.3 Å². The molecule has 5 rings (SSSR count). The standard InChI is InChI=1S/C20H16ClN3O/c21-14-5-3-4-13(8-14)19(25)23-15-9-20(10-15)17-7-2-1-6-16(17)18-11-22-12-24(18)20/h1-8,11-12,15H,9-10H2,(H,23,25). The van der Waals surface area contributed by atoms with Gasteiger partial charge in [0.25, 0.3) is 5.91 Å². The van der Waals surface area contributed by atoms with Crippen LogP contribution in [0.15, 0.2) is 61.1 Å². The predicted octanol–water partition coefficient (Wildman–Crippen LogP) is 3.85. The number of aromatic nitrogens is 2. The fourth-order valence-electron chi connectivity index (χ4n) is 4.25. The van der Waals surface area contributed by atoms with Gasteiger partial charge in [0.1, 0.15) is 0 Å². The molecule has 3 aromatic rings. The Hall–Kier alpha value is -2.59. The fourth-order valence-corrected chi connectivity index (χ4v) is 4.44. The average molecular weight is 350 g/mol. The molecular formula is C20H16ClN3O. The molecule has 124 valence electrons. The highest BCUT2D eigenvalue weighted by Gasteiger charge is 2.52. The summed E-state index contributed by atoms with van der Waals surface area (Å²) in [5.74, 6) is -0.0699. The highest BCUT2D eigenvalue weighted by Crippen LogP contribution is 2.54. The lowest BCUT2D eigenvalue weighted by atomic mass is 9.68. The van der Waals surface area contributed by atoms with Crippen LogP contribution in [0.5, 0.6) is 0 Å². The first-order valence-electron chi connectivity index (χ1n) is 8.36. The van der Waals surface area contributed by atoms with Crippen LogP contribution >= 0.6 is 11.6 Å². The first-order valence-corrected chi connectivity index (χ1v) is 8.74. The molecule has 1 aromatic heterocycles. The van der Waals surface area contributed by atoms with Gasteiger partial charge in [-0.25, -0.2) is 4.98 Å². The Labute approximate surface area is 150 Å². The summed E-state index contributed by atoms with van der Waals surface area (Å²) in [6.07, 6.45) is 5.58. The highest BCUT2D eigenvalue weighted by atomic mass is 35.5. The summed E-state index contributed by atoms with van der Waals surface area (Å²) in [7, 11) is 0. The number of benzene rings is 2. The number of nitrogens with one attached hydrogen (secondary N) is 1. The van der Waals surface area contributed by atoms with E-state index >= 15 is 0 Å². The molecule has 1 spiro atoms. The van der Waals surface area contributed by atoms with E-state index in [1.807, 2.05) is 12.5 Å². The lowest BCUT2D eigenvalue weighted by Crippen LogP contribution is -2.55. The Balaban J connectivity index is 1.39. The molecule has 0 unspecified atom stereocenters. The maximum absolute atomic E-state index is 12.5. The van der Waals surface area contributed by atoms with E-state index in [4.69, 9.17) is 11.6 Å². The fraction of sp³-hybridized carbons (Fsp3) is 0.200. The summed E-state index contributed by atoms with van der Waals surface area (Å²) in [6, 6.07) is 15.7. The molecule has 1 aliphatic carbocycles. The van der Waals surface area contributed by atoms with Gasteiger partial charge < -0.3 is 9.88 Å². The Morgan fingerprint density at radius 3 is 2.88 bits per heavy atom. The van der Waals surface area contributed by atoms with Gasteiger partial charge in [-0.1, -0.05) is 41.9 Å². The van der Waals surface area contributed by atoms with Crippen molar-refractivity contribution in [2.75, 3.05) is 0 Å². The summed E-state index contributed by atoms with van der Waals surface area (Å²) < 4.78 is 2.26. The maximum Gasteiger partial charge on any atom is 0.251 e. The van der Waals surface area contributed by atoms with E-state index in [1.54, 1.807) is 24.3 Å². The molecule has 0 radical (unpaired) electrons. The van der Waals surface area contributed by atoms with Crippen LogP contribution in [0.2, 0.25) is 5.02 Å². The number of nitrogens with zero attached hydrogens (tertiary/aromatic N) is 2. The number of hydrogen-bond acceptors (Lipinski definition) is 2. The van der Waals surface area contributed by atoms with Crippen molar-refractivity contribution in [1.29, 1.82) is 0 Å². The van der Waals surface area contributed by atoms with Crippen LogP contribution in [0.25, 0.3) is 11.3 Å². The van der Waals surface area contributed by atoms with Crippen LogP contribution < -0.4 is 5.32 Å². The van der Waals surface area contributed by atoms with Crippen molar-refractivity contribution in [3.05, 3.63) is 77.2 Å². The molecule has 0 bridgehead atoms. The van der Waals surface area contributed by atoms with Crippen molar-refractivity contribution in [2.45, 2.75) is 24.4 Å². The van der Waals surface area contributed by atoms with Gasteiger partial charge in [-0.05, 0) is 36.6 Å². The number of amides is 1. The molecule has 0 atom stereocenters. The first kappa shape index (κ1) is 14.7. The van der Waals surface area contributed by atoms with Crippen molar-refractivity contribution in [1.82, 2.24) is 14.9 Å². The number of rotatable bonds is 2. The SMILES string of the molecule is O=C(NC1CC2(C1)c1ccccc1-c1cncn12)c1cccc(Cl)c1. The molecule has 4 nitrogen and oxygen atoms in total. The third-order valence-corrected chi connectivity index (χ3v) is 5.63. The van der Waals surface area contributed by atoms with Crippen LogP contribution in [-0.2, 0) is 5.54 Å². The monoisotopic (exact) mass is 349 g/mol. The average Bonchev–Trinajstić information content (AvgIpc) is 3.16. The van der Waals surface area contributed by atoms with Gasteiger partial charge in [0.05, 0.1) is 23.8 Å². The number of carbonyl (C=O) groups is 1. The van der Waals surface area contributed by atoms with Crippen LogP contribution in [0.3, 0.4) is 0 Å². The van der Waals surface area contributed by atoms with Crippen LogP contribution in [0, 0.1) is 0 Å². The second-order valence-corrected chi connectivity index (χ2v) is 7.25. The Morgan fingerprint density at radius 1 is 1.20 bits per heavy atom. The minimum atomic E-state index is -0.0747. The molecule has 1 aliphatic heterocycles. The van der Waals surface area contributed by atoms with Gasteiger partial charge in [0.2, 0.25) is 0 Å². The summed E-state index contributed by atoms with van der Waals surface area (Å²) in [6.45, 7) is 0. The van der Waals surface area contributed by atoms with Crippen molar-refractivity contribution < 1.29 is 4.79 Å². The Kier molecular flexibility index (Phi) is 3.06. The molecule has 2 heterocycles. The molecular weight excluding hydrogens is 334 g/mol. The second kappa shape index (κ2) is 5.20. The van der Waals surface area contributed by atoms with Crippen molar-refractivity contribution >= 4 is 17.5 Å². The lowest BCUT2D eigenvalue weighted by Gasteiger charge is -2.47. The molecule has 2 aliphatic rings. The van der Waals surface area contributed by atoms with E-state index in [-0.39, 0.29) is 17.5 Å². The van der Waals surface area contributed by atoms with Gasteiger partial charge in [-0.3, -0.25) is 4.79 Å². The molecule has 1 fully saturated rings. The zero-order valence-corrected chi connectivity index (χ0v) is 14.2. The van der Waals surface area contributed by atoms with E-state index in [0.717, 1.165) is 18.5 Å². The van der Waals surface area contributed by atoms with E-state index in [0.29, 0.717) is 10.6 Å². The van der Waals surface area contributed by atoms with Gasteiger partial charge in [0.15, 0.2) is 0 Å². The smallest absolute Gasteiger partial charge is 0.251 e. The van der Waals surface area contributed by atoms with E-state index in [2.05, 4.69) is 39.1 Å². The zero-order valence-electron chi connectivity index (χ0n) is 13.4. The van der Waals surface area contributed by atoms with Crippen LogP contribution in [-0.4, -0.2) is 21.5 Å². The minimum absolute atomic E-state index is 0.0699. The predicted molar refractivity (Wildman–Crippen MR) is 96.7 cm³/mol. The lowest BCUT2D eigenvalue weighted by molar-refractivity contribution is 0.0836. The van der Waals surface area contributed by atoms with Gasteiger partial charge >= 0.3 is 0 Å². The minimum Gasteiger partial charge on any atom is -0.349 e. The third-order valence-electron chi connectivity index (χ3n) is 5.39. The molecule has 5 heteroatoms. The topological polar surface area (TPSA) is 46.9 Å². The Morgan fingerprint density at radius 2 is 2.04 bits per heavy atom. The number of carbonyl (C=O) groups excluding carboxylic acids is 1. The van der Waals surface area contributed by atoms with Crippen LogP contribution in [0.1, 0.15) is 28.8 Å². The maximum atomic E-state index is 12.5. The summed E-state index contributed by atoms with van der Waals surface area (Å²) in [5, 5.41) is 3.71. The normalized spacial score (nSPS) is 23.0. The highest BCUT2D eigenvalue weighted by molar-refractivity contribution is 6.30. The molecule has 2 aromatic carbocycles. The number of imidazole rings is 1. The largest absolute Gasteiger partial charge is 0.349 e. The number of fused-ring (bicyclic) bond motifs is 5. The van der Waals surface area contributed by atoms with Gasteiger partial charge in [0, 0.05) is 22.2 Å². The van der Waals surface area contributed by atoms with Gasteiger partial charge in [-0.15, -0.1) is 0 Å². The summed E-state index contributed by atoms with van der Waals surface area (Å²) >= 11 is 5.98. The molecule has 1 saturated carbocycles. The van der Waals surface area contributed by atoms with Crippen molar-refractivity contribution in [2.24, 2.45) is 0 Å². The van der Waals surface area contributed by atoms with E-state index in [9.17, 15) is 4.79 Å². The molecule has 0 saturated heterocycles. The number of hydrogen-bond donors (Lipinski definition) is 1. The van der Waals surface area contributed by atoms with E-state index in [1.165, 1.54) is 11.1 Å². The second-order valence-electron chi connectivity index (χ2n) is 6.82. The summed E-state index contributed by atoms with van der Waals surface area (Å²) in [4.78, 5) is 16.8. The molecule has 1 N–H and O–H groups in total. The quantitative estimate of drug-likeness (QED) is 0.763. The molecule has 25 heavy (non-hydrogen) atoms. The van der Waals surface area contributed by atoms with E-state index < -0.39 is 0 Å². The summed E-state index contributed by atoms with van der Waals surface area (Å²) in [5.41, 5.74) is 4.27. The zero-order chi connectivity index (χ0) is 17.0. The number of halogens is 1. The third kappa shape index (κ3) is 2.07. The Bertz CT molecular complexity index is 988. The van der Waals surface area contributed by atoms with Crippen molar-refractivity contribution in [3.63, 3.8) is 0 Å². The molecule has 1 amide bonds. The van der Waals surface area contributed by atoms with Gasteiger partial charge in [-0.2, -0.15) is 0 Å².